The summed E-state index contributed by atoms with van der Waals surface area (Å²) in [6.45, 7) is 5.00. The van der Waals surface area contributed by atoms with Crippen LogP contribution in [0.15, 0.2) is 36.7 Å². The highest BCUT2D eigenvalue weighted by Gasteiger charge is 2.23. The topological polar surface area (TPSA) is 108 Å². The lowest BCUT2D eigenvalue weighted by molar-refractivity contribution is -0.114. The van der Waals surface area contributed by atoms with E-state index < -0.39 is 0 Å². The molecule has 3 N–H and O–H groups in total. The molecule has 9 heteroatoms. The molecule has 29 heavy (non-hydrogen) atoms. The minimum Gasteiger partial charge on any atom is -0.450 e. The predicted octanol–water partition coefficient (Wildman–Crippen LogP) is 3.21. The van der Waals surface area contributed by atoms with Gasteiger partial charge in [-0.1, -0.05) is 0 Å². The van der Waals surface area contributed by atoms with Crippen LogP contribution in [-0.4, -0.2) is 52.6 Å². The Labute approximate surface area is 169 Å². The third-order valence-corrected chi connectivity index (χ3v) is 4.52. The van der Waals surface area contributed by atoms with Gasteiger partial charge in [0, 0.05) is 43.5 Å². The number of carbonyl (C=O) groups excluding carboxylic acids is 2. The van der Waals surface area contributed by atoms with E-state index in [1.807, 2.05) is 37.3 Å². The summed E-state index contributed by atoms with van der Waals surface area (Å²) in [5, 5.41) is 9.37. The van der Waals surface area contributed by atoms with E-state index >= 15 is 0 Å². The van der Waals surface area contributed by atoms with Gasteiger partial charge >= 0.3 is 6.09 Å². The molecule has 2 heterocycles. The van der Waals surface area contributed by atoms with Crippen LogP contribution in [0.2, 0.25) is 0 Å². The van der Waals surface area contributed by atoms with Crippen molar-refractivity contribution >= 4 is 35.0 Å². The molecule has 0 bridgehead atoms. The normalized spacial score (nSPS) is 14.2. The molecule has 1 aliphatic heterocycles. The highest BCUT2D eigenvalue weighted by Crippen LogP contribution is 2.21. The van der Waals surface area contributed by atoms with Crippen molar-refractivity contribution in [2.45, 2.75) is 32.7 Å². The van der Waals surface area contributed by atoms with E-state index in [0.717, 1.165) is 30.0 Å². The predicted molar refractivity (Wildman–Crippen MR) is 111 cm³/mol. The average Bonchev–Trinajstić information content (AvgIpc) is 2.70. The molecular formula is C20H26N6O3. The SMILES string of the molecule is CCOC(=O)N1CCC(Nc2cc(Nc3ccc(NC(C)=O)cc3)ncn2)CC1. The van der Waals surface area contributed by atoms with Gasteiger partial charge < -0.3 is 25.6 Å². The molecule has 9 nitrogen and oxygen atoms in total. The van der Waals surface area contributed by atoms with Gasteiger partial charge in [0.15, 0.2) is 0 Å². The molecule has 154 valence electrons. The van der Waals surface area contributed by atoms with E-state index in [2.05, 4.69) is 25.9 Å². The number of ether oxygens (including phenoxy) is 1. The molecule has 2 amide bonds. The molecule has 1 aromatic carbocycles. The Balaban J connectivity index is 1.53. The monoisotopic (exact) mass is 398 g/mol. The molecule has 0 saturated carbocycles. The number of rotatable bonds is 6. The molecule has 0 spiro atoms. The maximum Gasteiger partial charge on any atom is 0.409 e. The van der Waals surface area contributed by atoms with Gasteiger partial charge in [0.1, 0.15) is 18.0 Å². The average molecular weight is 398 g/mol. The second-order valence-electron chi connectivity index (χ2n) is 6.78. The summed E-state index contributed by atoms with van der Waals surface area (Å²) in [6, 6.07) is 9.46. The van der Waals surface area contributed by atoms with Gasteiger partial charge in [-0.25, -0.2) is 14.8 Å². The molecular weight excluding hydrogens is 372 g/mol. The fraction of sp³-hybridized carbons (Fsp3) is 0.400. The lowest BCUT2D eigenvalue weighted by atomic mass is 10.1. The van der Waals surface area contributed by atoms with E-state index in [0.29, 0.717) is 25.5 Å². The molecule has 0 radical (unpaired) electrons. The smallest absolute Gasteiger partial charge is 0.409 e. The molecule has 0 aliphatic carbocycles. The minimum absolute atomic E-state index is 0.106. The number of hydrogen-bond acceptors (Lipinski definition) is 7. The first-order valence-corrected chi connectivity index (χ1v) is 9.68. The summed E-state index contributed by atoms with van der Waals surface area (Å²) in [6.07, 6.45) is 2.92. The zero-order valence-corrected chi connectivity index (χ0v) is 16.6. The van der Waals surface area contributed by atoms with E-state index in [9.17, 15) is 9.59 Å². The van der Waals surface area contributed by atoms with Crippen LogP contribution < -0.4 is 16.0 Å². The van der Waals surface area contributed by atoms with Crippen molar-refractivity contribution in [3.8, 4) is 0 Å². The summed E-state index contributed by atoms with van der Waals surface area (Å²) in [5.41, 5.74) is 1.59. The zero-order chi connectivity index (χ0) is 20.6. The van der Waals surface area contributed by atoms with E-state index in [-0.39, 0.29) is 18.0 Å². The lowest BCUT2D eigenvalue weighted by Crippen LogP contribution is -2.42. The Hall–Kier alpha value is -3.36. The highest BCUT2D eigenvalue weighted by molar-refractivity contribution is 5.88. The van der Waals surface area contributed by atoms with Crippen LogP contribution in [0.25, 0.3) is 0 Å². The Kier molecular flexibility index (Phi) is 6.83. The number of anilines is 4. The van der Waals surface area contributed by atoms with E-state index in [4.69, 9.17) is 4.74 Å². The molecule has 1 aliphatic rings. The maximum absolute atomic E-state index is 11.8. The van der Waals surface area contributed by atoms with E-state index in [1.54, 1.807) is 4.90 Å². The van der Waals surface area contributed by atoms with Crippen molar-refractivity contribution in [2.24, 2.45) is 0 Å². The van der Waals surface area contributed by atoms with Gasteiger partial charge in [0.05, 0.1) is 6.61 Å². The number of nitrogens with one attached hydrogen (secondary N) is 3. The molecule has 1 saturated heterocycles. The third kappa shape index (κ3) is 6.06. The standard InChI is InChI=1S/C20H26N6O3/c1-3-29-20(28)26-10-8-17(9-11-26)25-19-12-18(21-13-22-19)24-16-6-4-15(5-7-16)23-14(2)27/h4-7,12-13,17H,3,8-11H2,1-2H3,(H,23,27)(H2,21,22,24,25). The van der Waals surface area contributed by atoms with Gasteiger partial charge in [-0.05, 0) is 44.0 Å². The number of benzene rings is 1. The number of amides is 2. The Bertz CT molecular complexity index is 834. The van der Waals surface area contributed by atoms with Crippen molar-refractivity contribution in [1.82, 2.24) is 14.9 Å². The van der Waals surface area contributed by atoms with Crippen molar-refractivity contribution in [3.05, 3.63) is 36.7 Å². The summed E-state index contributed by atoms with van der Waals surface area (Å²) in [5.74, 6) is 1.29. The molecule has 0 unspecified atom stereocenters. The van der Waals surface area contributed by atoms with Gasteiger partial charge in [0.2, 0.25) is 5.91 Å². The van der Waals surface area contributed by atoms with Crippen LogP contribution in [-0.2, 0) is 9.53 Å². The van der Waals surface area contributed by atoms with Crippen LogP contribution in [0.3, 0.4) is 0 Å². The lowest BCUT2D eigenvalue weighted by Gasteiger charge is -2.31. The first-order valence-electron chi connectivity index (χ1n) is 9.68. The summed E-state index contributed by atoms with van der Waals surface area (Å²) in [4.78, 5) is 33.2. The second-order valence-corrected chi connectivity index (χ2v) is 6.78. The number of aromatic nitrogens is 2. The Morgan fingerprint density at radius 2 is 1.76 bits per heavy atom. The van der Waals surface area contributed by atoms with Crippen molar-refractivity contribution in [3.63, 3.8) is 0 Å². The summed E-state index contributed by atoms with van der Waals surface area (Å²) < 4.78 is 5.05. The van der Waals surface area contributed by atoms with Crippen molar-refractivity contribution in [2.75, 3.05) is 35.6 Å². The number of likely N-dealkylation sites (tertiary alicyclic amines) is 1. The van der Waals surface area contributed by atoms with E-state index in [1.165, 1.54) is 13.3 Å². The maximum atomic E-state index is 11.8. The van der Waals surface area contributed by atoms with Crippen LogP contribution >= 0.6 is 0 Å². The van der Waals surface area contributed by atoms with Gasteiger partial charge in [-0.2, -0.15) is 0 Å². The van der Waals surface area contributed by atoms with Gasteiger partial charge in [-0.15, -0.1) is 0 Å². The number of nitrogens with zero attached hydrogens (tertiary/aromatic N) is 3. The Morgan fingerprint density at radius 3 is 2.41 bits per heavy atom. The van der Waals surface area contributed by atoms with Gasteiger partial charge in [0.25, 0.3) is 0 Å². The first kappa shape index (κ1) is 20.4. The van der Waals surface area contributed by atoms with Gasteiger partial charge in [-0.3, -0.25) is 4.79 Å². The van der Waals surface area contributed by atoms with Crippen molar-refractivity contribution in [1.29, 1.82) is 0 Å². The number of hydrogen-bond donors (Lipinski definition) is 3. The van der Waals surface area contributed by atoms with Crippen LogP contribution in [0.1, 0.15) is 26.7 Å². The zero-order valence-electron chi connectivity index (χ0n) is 16.6. The largest absolute Gasteiger partial charge is 0.450 e. The molecule has 0 atom stereocenters. The second kappa shape index (κ2) is 9.72. The quantitative estimate of drug-likeness (QED) is 0.685. The molecule has 3 rings (SSSR count). The third-order valence-electron chi connectivity index (χ3n) is 4.52. The molecule has 1 aromatic heterocycles. The fourth-order valence-corrected chi connectivity index (χ4v) is 3.12. The first-order chi connectivity index (χ1) is 14.0. The van der Waals surface area contributed by atoms with Crippen LogP contribution in [0.5, 0.6) is 0 Å². The number of carbonyl (C=O) groups is 2. The summed E-state index contributed by atoms with van der Waals surface area (Å²) >= 11 is 0. The number of piperidine rings is 1. The molecule has 1 fully saturated rings. The molecule has 2 aromatic rings. The highest BCUT2D eigenvalue weighted by atomic mass is 16.6. The van der Waals surface area contributed by atoms with Crippen LogP contribution in [0, 0.1) is 0 Å². The fourth-order valence-electron chi connectivity index (χ4n) is 3.12. The Morgan fingerprint density at radius 1 is 1.10 bits per heavy atom. The van der Waals surface area contributed by atoms with Crippen molar-refractivity contribution < 1.29 is 14.3 Å². The van der Waals surface area contributed by atoms with Crippen LogP contribution in [0.4, 0.5) is 27.8 Å². The summed E-state index contributed by atoms with van der Waals surface area (Å²) in [7, 11) is 0. The minimum atomic E-state index is -0.246.